The highest BCUT2D eigenvalue weighted by molar-refractivity contribution is 5.71. The molecule has 0 radical (unpaired) electrons. The van der Waals surface area contributed by atoms with Crippen LogP contribution in [-0.2, 0) is 28.6 Å². The lowest BCUT2D eigenvalue weighted by Crippen LogP contribution is -2.30. The van der Waals surface area contributed by atoms with E-state index in [0.29, 0.717) is 19.3 Å². The van der Waals surface area contributed by atoms with E-state index < -0.39 is 6.10 Å². The molecular formula is C60H100O6. The molecule has 0 amide bonds. The van der Waals surface area contributed by atoms with Crippen molar-refractivity contribution < 1.29 is 28.6 Å². The van der Waals surface area contributed by atoms with Gasteiger partial charge in [0, 0.05) is 19.3 Å². The van der Waals surface area contributed by atoms with E-state index in [1.165, 1.54) is 116 Å². The number of hydrogen-bond donors (Lipinski definition) is 0. The lowest BCUT2D eigenvalue weighted by atomic mass is 10.0. The molecule has 0 aromatic heterocycles. The zero-order valence-corrected chi connectivity index (χ0v) is 42.9. The third-order valence-corrected chi connectivity index (χ3v) is 11.5. The second-order valence-corrected chi connectivity index (χ2v) is 17.9. The van der Waals surface area contributed by atoms with Crippen molar-refractivity contribution in [1.29, 1.82) is 0 Å². The molecule has 1 unspecified atom stereocenters. The van der Waals surface area contributed by atoms with Gasteiger partial charge in [-0.1, -0.05) is 259 Å². The molecule has 0 rings (SSSR count). The van der Waals surface area contributed by atoms with Crippen molar-refractivity contribution in [3.05, 3.63) is 97.2 Å². The molecule has 0 saturated heterocycles. The SMILES string of the molecule is CC\C=C/C=C\C=C/C=C\C=C\C=C/CCCCCC(=O)OC(COC(=O)CCCCCCC/C=C\C=C/CCCCCCCCC)COC(=O)CCCCCCCCCCCCCCC. The first-order valence-corrected chi connectivity index (χ1v) is 27.3. The number of rotatable bonds is 48. The number of carbonyl (C=O) groups excluding carboxylic acids is 3. The van der Waals surface area contributed by atoms with Gasteiger partial charge in [-0.25, -0.2) is 0 Å². The number of allylic oxidation sites excluding steroid dienone is 16. The van der Waals surface area contributed by atoms with Crippen molar-refractivity contribution in [3.63, 3.8) is 0 Å². The summed E-state index contributed by atoms with van der Waals surface area (Å²) < 4.78 is 16.8. The number of hydrogen-bond acceptors (Lipinski definition) is 6. The van der Waals surface area contributed by atoms with Crippen LogP contribution in [0.3, 0.4) is 0 Å². The predicted octanol–water partition coefficient (Wildman–Crippen LogP) is 18.1. The van der Waals surface area contributed by atoms with Gasteiger partial charge in [-0.05, 0) is 64.2 Å². The summed E-state index contributed by atoms with van der Waals surface area (Å²) in [7, 11) is 0. The van der Waals surface area contributed by atoms with E-state index in [1.807, 2.05) is 60.8 Å². The summed E-state index contributed by atoms with van der Waals surface area (Å²) in [5.41, 5.74) is 0. The van der Waals surface area contributed by atoms with Crippen molar-refractivity contribution in [2.24, 2.45) is 0 Å². The van der Waals surface area contributed by atoms with Gasteiger partial charge in [-0.2, -0.15) is 0 Å². The number of unbranched alkanes of at least 4 members (excludes halogenated alkanes) is 27. The van der Waals surface area contributed by atoms with Gasteiger partial charge in [0.15, 0.2) is 6.10 Å². The van der Waals surface area contributed by atoms with E-state index in [4.69, 9.17) is 14.2 Å². The lowest BCUT2D eigenvalue weighted by molar-refractivity contribution is -0.167. The molecule has 0 aromatic rings. The molecule has 6 heteroatoms. The van der Waals surface area contributed by atoms with Crippen LogP contribution in [0.25, 0.3) is 0 Å². The van der Waals surface area contributed by atoms with Crippen LogP contribution in [0.5, 0.6) is 0 Å². The Balaban J connectivity index is 4.50. The molecule has 0 saturated carbocycles. The van der Waals surface area contributed by atoms with Crippen molar-refractivity contribution in [1.82, 2.24) is 0 Å². The second-order valence-electron chi connectivity index (χ2n) is 17.9. The Morgan fingerprint density at radius 2 is 0.591 bits per heavy atom. The van der Waals surface area contributed by atoms with Crippen LogP contribution in [0.15, 0.2) is 97.2 Å². The van der Waals surface area contributed by atoms with Gasteiger partial charge >= 0.3 is 17.9 Å². The Morgan fingerprint density at radius 3 is 0.955 bits per heavy atom. The molecule has 0 aliphatic carbocycles. The topological polar surface area (TPSA) is 78.9 Å². The van der Waals surface area contributed by atoms with Crippen molar-refractivity contribution in [3.8, 4) is 0 Å². The van der Waals surface area contributed by atoms with Gasteiger partial charge < -0.3 is 14.2 Å². The number of carbonyl (C=O) groups is 3. The summed E-state index contributed by atoms with van der Waals surface area (Å²) >= 11 is 0. The van der Waals surface area contributed by atoms with E-state index in [0.717, 1.165) is 83.5 Å². The van der Waals surface area contributed by atoms with Crippen molar-refractivity contribution in [2.45, 2.75) is 252 Å². The fourth-order valence-corrected chi connectivity index (χ4v) is 7.41. The smallest absolute Gasteiger partial charge is 0.306 e. The predicted molar refractivity (Wildman–Crippen MR) is 284 cm³/mol. The minimum absolute atomic E-state index is 0.1000. The maximum absolute atomic E-state index is 12.8. The van der Waals surface area contributed by atoms with E-state index in [9.17, 15) is 14.4 Å². The van der Waals surface area contributed by atoms with Crippen LogP contribution in [0.4, 0.5) is 0 Å². The molecule has 1 atom stereocenters. The molecule has 0 bridgehead atoms. The quantitative estimate of drug-likeness (QED) is 0.0262. The molecule has 0 fully saturated rings. The van der Waals surface area contributed by atoms with Crippen LogP contribution in [-0.4, -0.2) is 37.2 Å². The first-order valence-electron chi connectivity index (χ1n) is 27.3. The van der Waals surface area contributed by atoms with Gasteiger partial charge in [0.25, 0.3) is 0 Å². The highest BCUT2D eigenvalue weighted by Gasteiger charge is 2.19. The minimum Gasteiger partial charge on any atom is -0.462 e. The number of esters is 3. The first-order chi connectivity index (χ1) is 32.5. The largest absolute Gasteiger partial charge is 0.462 e. The van der Waals surface area contributed by atoms with Gasteiger partial charge in [-0.3, -0.25) is 14.4 Å². The summed E-state index contributed by atoms with van der Waals surface area (Å²) in [4.78, 5) is 38.1. The minimum atomic E-state index is -0.807. The van der Waals surface area contributed by atoms with Crippen LogP contribution < -0.4 is 0 Å². The highest BCUT2D eigenvalue weighted by atomic mass is 16.6. The second kappa shape index (κ2) is 53.9. The normalized spacial score (nSPS) is 12.8. The zero-order chi connectivity index (χ0) is 47.9. The molecule has 0 aromatic carbocycles. The number of ether oxygens (including phenoxy) is 3. The van der Waals surface area contributed by atoms with Gasteiger partial charge in [0.05, 0.1) is 0 Å². The standard InChI is InChI=1S/C60H100O6/c1-4-7-10-13-16-19-22-25-27-29-31-32-35-38-41-44-47-50-53-59(62)65-56-57(55-64-58(61)52-49-46-43-40-37-34-24-21-18-15-12-9-6-3)66-60(63)54-51-48-45-42-39-36-33-30-28-26-23-20-17-14-11-8-5-2/h8,11,14,17,20,23,26-33,36,39,57H,4-7,9-10,12-13,15-16,18-19,21-22,24-25,34-35,37-38,40-56H2,1-3H3/b11-8-,17-14-,23-20-,28-26-,29-27-,32-31-,33-30+,39-36-. The van der Waals surface area contributed by atoms with Crippen molar-refractivity contribution >= 4 is 17.9 Å². The maximum atomic E-state index is 12.8. The zero-order valence-electron chi connectivity index (χ0n) is 42.9. The summed E-state index contributed by atoms with van der Waals surface area (Å²) in [6.45, 7) is 6.44. The Hall–Kier alpha value is -3.67. The molecule has 376 valence electrons. The summed E-state index contributed by atoms with van der Waals surface area (Å²) in [6.07, 6.45) is 71.0. The van der Waals surface area contributed by atoms with Crippen molar-refractivity contribution in [2.75, 3.05) is 13.2 Å². The molecular weight excluding hydrogens is 817 g/mol. The third kappa shape index (κ3) is 51.3. The molecule has 0 N–H and O–H groups in total. The maximum Gasteiger partial charge on any atom is 0.306 e. The van der Waals surface area contributed by atoms with Gasteiger partial charge in [0.2, 0.25) is 0 Å². The summed E-state index contributed by atoms with van der Waals surface area (Å²) in [5.74, 6) is -0.958. The van der Waals surface area contributed by atoms with Crippen LogP contribution >= 0.6 is 0 Å². The van der Waals surface area contributed by atoms with Gasteiger partial charge in [-0.15, -0.1) is 0 Å². The summed E-state index contributed by atoms with van der Waals surface area (Å²) in [5, 5.41) is 0. The molecule has 0 spiro atoms. The molecule has 6 nitrogen and oxygen atoms in total. The third-order valence-electron chi connectivity index (χ3n) is 11.5. The molecule has 0 heterocycles. The van der Waals surface area contributed by atoms with E-state index in [-0.39, 0.29) is 37.5 Å². The van der Waals surface area contributed by atoms with E-state index in [1.54, 1.807) is 0 Å². The van der Waals surface area contributed by atoms with Crippen LogP contribution in [0.2, 0.25) is 0 Å². The molecule has 66 heavy (non-hydrogen) atoms. The molecule has 0 aliphatic heterocycles. The fraction of sp³-hybridized carbons (Fsp3) is 0.683. The van der Waals surface area contributed by atoms with E-state index in [2.05, 4.69) is 57.2 Å². The average molecular weight is 917 g/mol. The van der Waals surface area contributed by atoms with E-state index >= 15 is 0 Å². The Morgan fingerprint density at radius 1 is 0.318 bits per heavy atom. The van der Waals surface area contributed by atoms with Crippen LogP contribution in [0.1, 0.15) is 245 Å². The summed E-state index contributed by atoms with van der Waals surface area (Å²) in [6, 6.07) is 0. The van der Waals surface area contributed by atoms with Gasteiger partial charge in [0.1, 0.15) is 13.2 Å². The average Bonchev–Trinajstić information content (AvgIpc) is 3.31. The fourth-order valence-electron chi connectivity index (χ4n) is 7.41. The van der Waals surface area contributed by atoms with Crippen LogP contribution in [0, 0.1) is 0 Å². The Bertz CT molecular complexity index is 1330. The highest BCUT2D eigenvalue weighted by Crippen LogP contribution is 2.15. The molecule has 0 aliphatic rings. The first kappa shape index (κ1) is 62.3. The monoisotopic (exact) mass is 917 g/mol. The Kier molecular flexibility index (Phi) is 50.9. The Labute approximate surface area is 407 Å². The lowest BCUT2D eigenvalue weighted by Gasteiger charge is -2.18.